The third-order valence-corrected chi connectivity index (χ3v) is 3.90. The quantitative estimate of drug-likeness (QED) is 0.593. The second-order valence-electron chi connectivity index (χ2n) is 2.82. The third kappa shape index (κ3) is 1.35. The Bertz CT molecular complexity index is 523. The molecule has 0 aliphatic carbocycles. The van der Waals surface area contributed by atoms with E-state index in [4.69, 9.17) is 11.0 Å². The summed E-state index contributed by atoms with van der Waals surface area (Å²) in [6.45, 7) is 0. The molecule has 0 saturated carbocycles. The molecule has 0 aliphatic rings. The Balaban J connectivity index is 2.76. The van der Waals surface area contributed by atoms with Crippen LogP contribution >= 0.6 is 23.1 Å². The highest BCUT2D eigenvalue weighted by molar-refractivity contribution is 7.98. The number of nitrogens with two attached hydrogens (primary N) is 1. The van der Waals surface area contributed by atoms with Gasteiger partial charge in [-0.05, 0) is 23.8 Å². The highest BCUT2D eigenvalue weighted by atomic mass is 32.2. The van der Waals surface area contributed by atoms with E-state index in [1.54, 1.807) is 11.8 Å². The Morgan fingerprint density at radius 3 is 2.93 bits per heavy atom. The minimum atomic E-state index is 0.713. The molecule has 0 amide bonds. The Morgan fingerprint density at radius 2 is 2.29 bits per heavy atom. The van der Waals surface area contributed by atoms with Crippen LogP contribution in [-0.4, -0.2) is 6.26 Å². The largest absolute Gasteiger partial charge is 0.397 e. The van der Waals surface area contributed by atoms with E-state index in [2.05, 4.69) is 6.07 Å². The SMILES string of the molecule is CSc1ccc2cc(C#N)sc2c1N. The van der Waals surface area contributed by atoms with Crippen molar-refractivity contribution in [3.05, 3.63) is 23.1 Å². The normalized spacial score (nSPS) is 10.3. The molecular formula is C10H8N2S2. The first kappa shape index (κ1) is 9.38. The predicted molar refractivity (Wildman–Crippen MR) is 62.7 cm³/mol. The Hall–Kier alpha value is -1.18. The number of anilines is 1. The minimum Gasteiger partial charge on any atom is -0.397 e. The number of nitrogens with zero attached hydrogens (tertiary/aromatic N) is 1. The smallest absolute Gasteiger partial charge is 0.110 e. The van der Waals surface area contributed by atoms with E-state index in [-0.39, 0.29) is 0 Å². The van der Waals surface area contributed by atoms with Gasteiger partial charge in [-0.3, -0.25) is 0 Å². The van der Waals surface area contributed by atoms with Crippen molar-refractivity contribution in [3.63, 3.8) is 0 Å². The van der Waals surface area contributed by atoms with Crippen LogP contribution in [0, 0.1) is 11.3 Å². The molecule has 4 heteroatoms. The monoisotopic (exact) mass is 220 g/mol. The summed E-state index contributed by atoms with van der Waals surface area (Å²) in [5.41, 5.74) is 6.77. The zero-order valence-electron chi connectivity index (χ0n) is 7.57. The van der Waals surface area contributed by atoms with Gasteiger partial charge in [-0.2, -0.15) is 5.26 Å². The van der Waals surface area contributed by atoms with Gasteiger partial charge in [0, 0.05) is 4.90 Å². The van der Waals surface area contributed by atoms with Crippen molar-refractivity contribution in [2.24, 2.45) is 0 Å². The van der Waals surface area contributed by atoms with E-state index in [0.717, 1.165) is 20.7 Å². The molecule has 2 aromatic rings. The number of nitrogen functional groups attached to an aromatic ring is 1. The molecule has 14 heavy (non-hydrogen) atoms. The molecule has 2 rings (SSSR count). The lowest BCUT2D eigenvalue weighted by Crippen LogP contribution is -1.87. The zero-order valence-corrected chi connectivity index (χ0v) is 9.21. The van der Waals surface area contributed by atoms with Gasteiger partial charge in [-0.25, -0.2) is 0 Å². The first-order valence-electron chi connectivity index (χ1n) is 4.02. The van der Waals surface area contributed by atoms with Gasteiger partial charge in [-0.15, -0.1) is 23.1 Å². The fraction of sp³-hybridized carbons (Fsp3) is 0.100. The van der Waals surface area contributed by atoms with Gasteiger partial charge in [0.05, 0.1) is 10.4 Å². The van der Waals surface area contributed by atoms with Crippen LogP contribution < -0.4 is 5.73 Å². The summed E-state index contributed by atoms with van der Waals surface area (Å²) in [5.74, 6) is 0. The maximum absolute atomic E-state index is 8.77. The van der Waals surface area contributed by atoms with Crippen LogP contribution in [0.3, 0.4) is 0 Å². The summed E-state index contributed by atoms with van der Waals surface area (Å²) < 4.78 is 1.02. The van der Waals surface area contributed by atoms with Crippen molar-refractivity contribution in [3.8, 4) is 6.07 Å². The molecule has 0 saturated heterocycles. The topological polar surface area (TPSA) is 49.8 Å². The zero-order chi connectivity index (χ0) is 10.1. The summed E-state index contributed by atoms with van der Waals surface area (Å²) in [4.78, 5) is 1.79. The van der Waals surface area contributed by atoms with Crippen LogP contribution in [-0.2, 0) is 0 Å². The average molecular weight is 220 g/mol. The van der Waals surface area contributed by atoms with Crippen LogP contribution in [0.4, 0.5) is 5.69 Å². The highest BCUT2D eigenvalue weighted by Crippen LogP contribution is 2.35. The highest BCUT2D eigenvalue weighted by Gasteiger charge is 2.07. The molecule has 0 fully saturated rings. The molecule has 0 radical (unpaired) electrons. The molecule has 1 aromatic heterocycles. The number of rotatable bonds is 1. The van der Waals surface area contributed by atoms with Gasteiger partial charge in [0.25, 0.3) is 0 Å². The van der Waals surface area contributed by atoms with Gasteiger partial charge in [-0.1, -0.05) is 6.07 Å². The fourth-order valence-corrected chi connectivity index (χ4v) is 2.85. The lowest BCUT2D eigenvalue weighted by atomic mass is 10.2. The number of hydrogen-bond acceptors (Lipinski definition) is 4. The summed E-state index contributed by atoms with van der Waals surface area (Å²) in [6.07, 6.45) is 2.00. The third-order valence-electron chi connectivity index (χ3n) is 2.02. The predicted octanol–water partition coefficient (Wildman–Crippen LogP) is 3.08. The molecule has 0 bridgehead atoms. The van der Waals surface area contributed by atoms with Crippen molar-refractivity contribution in [1.82, 2.24) is 0 Å². The standard InChI is InChI=1S/C10H8N2S2/c1-13-8-3-2-6-4-7(5-11)14-10(6)9(8)12/h2-4H,12H2,1H3. The minimum absolute atomic E-state index is 0.713. The van der Waals surface area contributed by atoms with Crippen molar-refractivity contribution in [1.29, 1.82) is 5.26 Å². The maximum atomic E-state index is 8.77. The van der Waals surface area contributed by atoms with Crippen LogP contribution in [0.25, 0.3) is 10.1 Å². The van der Waals surface area contributed by atoms with Crippen molar-refractivity contribution in [2.45, 2.75) is 4.90 Å². The summed E-state index contributed by atoms with van der Waals surface area (Å²) >= 11 is 3.08. The van der Waals surface area contributed by atoms with Crippen molar-refractivity contribution in [2.75, 3.05) is 12.0 Å². The van der Waals surface area contributed by atoms with Crippen LogP contribution in [0.1, 0.15) is 4.88 Å². The van der Waals surface area contributed by atoms with E-state index in [1.165, 1.54) is 11.3 Å². The fourth-order valence-electron chi connectivity index (χ4n) is 1.34. The molecule has 70 valence electrons. The summed E-state index contributed by atoms with van der Waals surface area (Å²) in [5, 5.41) is 9.83. The number of fused-ring (bicyclic) bond motifs is 1. The summed E-state index contributed by atoms with van der Waals surface area (Å²) in [7, 11) is 0. The van der Waals surface area contributed by atoms with Crippen molar-refractivity contribution < 1.29 is 0 Å². The molecule has 2 N–H and O–H groups in total. The van der Waals surface area contributed by atoms with Gasteiger partial charge >= 0.3 is 0 Å². The molecule has 1 heterocycles. The van der Waals surface area contributed by atoms with E-state index in [1.807, 2.05) is 24.5 Å². The second-order valence-corrected chi connectivity index (χ2v) is 4.72. The van der Waals surface area contributed by atoms with E-state index in [9.17, 15) is 0 Å². The molecule has 0 spiro atoms. The number of thiophene rings is 1. The first-order chi connectivity index (χ1) is 6.76. The average Bonchev–Trinajstić information content (AvgIpc) is 2.62. The Labute approximate surface area is 90.3 Å². The van der Waals surface area contributed by atoms with E-state index in [0.29, 0.717) is 4.88 Å². The Morgan fingerprint density at radius 1 is 1.50 bits per heavy atom. The van der Waals surface area contributed by atoms with Crippen LogP contribution in [0.5, 0.6) is 0 Å². The molecule has 2 nitrogen and oxygen atoms in total. The van der Waals surface area contributed by atoms with E-state index >= 15 is 0 Å². The number of nitriles is 1. The Kier molecular flexibility index (Phi) is 2.36. The number of hydrogen-bond donors (Lipinski definition) is 1. The molecule has 0 unspecified atom stereocenters. The maximum Gasteiger partial charge on any atom is 0.110 e. The van der Waals surface area contributed by atoms with Crippen LogP contribution in [0.15, 0.2) is 23.1 Å². The number of thioether (sulfide) groups is 1. The molecule has 0 atom stereocenters. The second kappa shape index (κ2) is 3.52. The first-order valence-corrected chi connectivity index (χ1v) is 6.06. The number of benzene rings is 1. The summed E-state index contributed by atoms with van der Waals surface area (Å²) in [6, 6.07) is 8.02. The molecular weight excluding hydrogens is 212 g/mol. The van der Waals surface area contributed by atoms with Gasteiger partial charge in [0.15, 0.2) is 0 Å². The van der Waals surface area contributed by atoms with Gasteiger partial charge in [0.1, 0.15) is 10.9 Å². The van der Waals surface area contributed by atoms with Gasteiger partial charge in [0.2, 0.25) is 0 Å². The van der Waals surface area contributed by atoms with Crippen LogP contribution in [0.2, 0.25) is 0 Å². The van der Waals surface area contributed by atoms with E-state index < -0.39 is 0 Å². The lowest BCUT2D eigenvalue weighted by Gasteiger charge is -2.01. The molecule has 1 aromatic carbocycles. The molecule has 0 aliphatic heterocycles. The lowest BCUT2D eigenvalue weighted by molar-refractivity contribution is 1.52. The van der Waals surface area contributed by atoms with Gasteiger partial charge < -0.3 is 5.73 Å². The van der Waals surface area contributed by atoms with Crippen molar-refractivity contribution >= 4 is 38.9 Å².